The first-order valence-electron chi connectivity index (χ1n) is 3.46. The first-order valence-corrected chi connectivity index (χ1v) is 3.46. The Morgan fingerprint density at radius 2 is 2.27 bits per heavy atom. The van der Waals surface area contributed by atoms with E-state index in [-0.39, 0.29) is 0 Å². The molecule has 0 unspecified atom stereocenters. The molecule has 0 aromatic carbocycles. The number of hydrogen-bond donors (Lipinski definition) is 1. The van der Waals surface area contributed by atoms with Crippen molar-refractivity contribution >= 4 is 5.97 Å². The summed E-state index contributed by atoms with van der Waals surface area (Å²) in [5.41, 5.74) is 0.861. The molecule has 0 heterocycles. The molecule has 0 saturated carbocycles. The highest BCUT2D eigenvalue weighted by Crippen LogP contribution is 2.01. The van der Waals surface area contributed by atoms with Crippen LogP contribution in [0, 0.1) is 11.8 Å². The molecule has 2 heteroatoms. The third kappa shape index (κ3) is 6.66. The molecule has 0 bridgehead atoms. The van der Waals surface area contributed by atoms with Crippen LogP contribution in [0.25, 0.3) is 0 Å². The Hall–Kier alpha value is -1.23. The molecule has 0 aromatic rings. The summed E-state index contributed by atoms with van der Waals surface area (Å²) in [7, 11) is 0. The SMILES string of the molecule is CC#CCC/C(C)=C\C(=O)O. The summed E-state index contributed by atoms with van der Waals surface area (Å²) >= 11 is 0. The van der Waals surface area contributed by atoms with Crippen molar-refractivity contribution in [2.24, 2.45) is 0 Å². The van der Waals surface area contributed by atoms with Gasteiger partial charge in [-0.15, -0.1) is 11.8 Å². The lowest BCUT2D eigenvalue weighted by molar-refractivity contribution is -0.131. The summed E-state index contributed by atoms with van der Waals surface area (Å²) in [5.74, 6) is 4.74. The summed E-state index contributed by atoms with van der Waals surface area (Å²) in [6.45, 7) is 3.57. The molecule has 0 atom stereocenters. The van der Waals surface area contributed by atoms with Crippen molar-refractivity contribution in [3.8, 4) is 11.8 Å². The normalized spacial score (nSPS) is 10.2. The molecule has 60 valence electrons. The summed E-state index contributed by atoms with van der Waals surface area (Å²) in [6, 6.07) is 0. The number of aliphatic carboxylic acids is 1. The largest absolute Gasteiger partial charge is 0.478 e. The van der Waals surface area contributed by atoms with Gasteiger partial charge < -0.3 is 5.11 Å². The maximum absolute atomic E-state index is 10.1. The van der Waals surface area contributed by atoms with Crippen LogP contribution in [-0.2, 0) is 4.79 Å². The van der Waals surface area contributed by atoms with Gasteiger partial charge in [0.25, 0.3) is 0 Å². The van der Waals surface area contributed by atoms with Crippen molar-refractivity contribution in [3.63, 3.8) is 0 Å². The zero-order valence-electron chi connectivity index (χ0n) is 6.85. The second-order valence-electron chi connectivity index (χ2n) is 2.26. The molecule has 11 heavy (non-hydrogen) atoms. The maximum Gasteiger partial charge on any atom is 0.328 e. The van der Waals surface area contributed by atoms with E-state index in [1.807, 2.05) is 0 Å². The van der Waals surface area contributed by atoms with E-state index < -0.39 is 5.97 Å². The predicted molar refractivity (Wildman–Crippen MR) is 44.1 cm³/mol. The predicted octanol–water partition coefficient (Wildman–Crippen LogP) is 1.82. The third-order valence-corrected chi connectivity index (χ3v) is 1.19. The smallest absolute Gasteiger partial charge is 0.328 e. The molecule has 0 rings (SSSR count). The van der Waals surface area contributed by atoms with Crippen molar-refractivity contribution < 1.29 is 9.90 Å². The van der Waals surface area contributed by atoms with Crippen LogP contribution in [0.5, 0.6) is 0 Å². The minimum atomic E-state index is -0.882. The van der Waals surface area contributed by atoms with E-state index in [1.165, 1.54) is 6.08 Å². The molecular formula is C9H12O2. The standard InChI is InChI=1S/C9H12O2/c1-3-4-5-6-8(2)7-9(10)11/h7H,5-6H2,1-2H3,(H,10,11)/b8-7-. The van der Waals surface area contributed by atoms with Gasteiger partial charge in [-0.05, 0) is 20.3 Å². The van der Waals surface area contributed by atoms with Gasteiger partial charge >= 0.3 is 5.97 Å². The molecule has 0 spiro atoms. The van der Waals surface area contributed by atoms with Crippen LogP contribution in [0.2, 0.25) is 0 Å². The van der Waals surface area contributed by atoms with Crippen LogP contribution in [0.3, 0.4) is 0 Å². The first kappa shape index (κ1) is 9.77. The van der Waals surface area contributed by atoms with E-state index in [1.54, 1.807) is 13.8 Å². The van der Waals surface area contributed by atoms with Gasteiger partial charge in [0.1, 0.15) is 0 Å². The lowest BCUT2D eigenvalue weighted by atomic mass is 10.1. The molecule has 1 N–H and O–H groups in total. The summed E-state index contributed by atoms with van der Waals surface area (Å²) in [6.07, 6.45) is 2.70. The second-order valence-corrected chi connectivity index (χ2v) is 2.26. The lowest BCUT2D eigenvalue weighted by Gasteiger charge is -1.92. The van der Waals surface area contributed by atoms with E-state index in [0.29, 0.717) is 0 Å². The van der Waals surface area contributed by atoms with E-state index in [4.69, 9.17) is 5.11 Å². The fourth-order valence-corrected chi connectivity index (χ4v) is 0.668. The minimum absolute atomic E-state index is 0.742. The monoisotopic (exact) mass is 152 g/mol. The van der Waals surface area contributed by atoms with Crippen molar-refractivity contribution in [3.05, 3.63) is 11.6 Å². The molecule has 0 fully saturated rings. The van der Waals surface area contributed by atoms with Crippen LogP contribution in [-0.4, -0.2) is 11.1 Å². The molecular weight excluding hydrogens is 140 g/mol. The first-order chi connectivity index (χ1) is 5.16. The fourth-order valence-electron chi connectivity index (χ4n) is 0.668. The molecule has 2 nitrogen and oxygen atoms in total. The van der Waals surface area contributed by atoms with E-state index in [0.717, 1.165) is 18.4 Å². The van der Waals surface area contributed by atoms with Gasteiger partial charge in [-0.25, -0.2) is 4.79 Å². The Kier molecular flexibility index (Phi) is 4.93. The van der Waals surface area contributed by atoms with Gasteiger partial charge in [-0.3, -0.25) is 0 Å². The summed E-state index contributed by atoms with van der Waals surface area (Å²) < 4.78 is 0. The molecule has 0 radical (unpaired) electrons. The molecule has 0 aliphatic rings. The highest BCUT2D eigenvalue weighted by Gasteiger charge is 1.91. The molecule has 0 aliphatic carbocycles. The Balaban J connectivity index is 3.74. The van der Waals surface area contributed by atoms with Crippen molar-refractivity contribution in [1.82, 2.24) is 0 Å². The zero-order valence-corrected chi connectivity index (χ0v) is 6.85. The summed E-state index contributed by atoms with van der Waals surface area (Å²) in [4.78, 5) is 10.1. The number of carbonyl (C=O) groups is 1. The Labute approximate surface area is 66.9 Å². The van der Waals surface area contributed by atoms with E-state index in [2.05, 4.69) is 11.8 Å². The van der Waals surface area contributed by atoms with Gasteiger partial charge in [-0.1, -0.05) is 5.57 Å². The highest BCUT2D eigenvalue weighted by molar-refractivity contribution is 5.80. The minimum Gasteiger partial charge on any atom is -0.478 e. The van der Waals surface area contributed by atoms with Gasteiger partial charge in [0, 0.05) is 12.5 Å². The van der Waals surface area contributed by atoms with Crippen LogP contribution in [0.1, 0.15) is 26.7 Å². The second kappa shape index (κ2) is 5.55. The van der Waals surface area contributed by atoms with Crippen molar-refractivity contribution in [2.75, 3.05) is 0 Å². The third-order valence-electron chi connectivity index (χ3n) is 1.19. The number of rotatable bonds is 3. The molecule has 0 aromatic heterocycles. The van der Waals surface area contributed by atoms with E-state index in [9.17, 15) is 4.79 Å². The number of allylic oxidation sites excluding steroid dienone is 1. The Morgan fingerprint density at radius 1 is 1.64 bits per heavy atom. The quantitative estimate of drug-likeness (QED) is 0.494. The number of hydrogen-bond acceptors (Lipinski definition) is 1. The lowest BCUT2D eigenvalue weighted by Crippen LogP contribution is -1.89. The average molecular weight is 152 g/mol. The van der Waals surface area contributed by atoms with Gasteiger partial charge in [0.05, 0.1) is 0 Å². The van der Waals surface area contributed by atoms with Crippen molar-refractivity contribution in [1.29, 1.82) is 0 Å². The Bertz CT molecular complexity index is 215. The molecule has 0 saturated heterocycles. The van der Waals surface area contributed by atoms with Crippen LogP contribution in [0.4, 0.5) is 0 Å². The zero-order chi connectivity index (χ0) is 8.69. The molecule has 0 amide bonds. The Morgan fingerprint density at radius 3 is 2.73 bits per heavy atom. The van der Waals surface area contributed by atoms with Gasteiger partial charge in [0.15, 0.2) is 0 Å². The number of carboxylic acid groups (broad SMARTS) is 1. The van der Waals surface area contributed by atoms with Gasteiger partial charge in [0.2, 0.25) is 0 Å². The topological polar surface area (TPSA) is 37.3 Å². The van der Waals surface area contributed by atoms with Gasteiger partial charge in [-0.2, -0.15) is 0 Å². The number of carboxylic acids is 1. The average Bonchev–Trinajstić information content (AvgIpc) is 1.86. The molecule has 0 aliphatic heterocycles. The van der Waals surface area contributed by atoms with Crippen LogP contribution >= 0.6 is 0 Å². The van der Waals surface area contributed by atoms with E-state index >= 15 is 0 Å². The highest BCUT2D eigenvalue weighted by atomic mass is 16.4. The van der Waals surface area contributed by atoms with Crippen LogP contribution < -0.4 is 0 Å². The van der Waals surface area contributed by atoms with Crippen molar-refractivity contribution in [2.45, 2.75) is 26.7 Å². The summed E-state index contributed by atoms with van der Waals surface area (Å²) in [5, 5.41) is 8.33. The van der Waals surface area contributed by atoms with Crippen LogP contribution in [0.15, 0.2) is 11.6 Å². The fraction of sp³-hybridized carbons (Fsp3) is 0.444. The maximum atomic E-state index is 10.1.